The first-order chi connectivity index (χ1) is 10.4. The molecule has 1 aromatic rings. The third kappa shape index (κ3) is 4.87. The highest BCUT2D eigenvalue weighted by Crippen LogP contribution is 2.14. The van der Waals surface area contributed by atoms with Gasteiger partial charge in [-0.25, -0.2) is 0 Å². The van der Waals surface area contributed by atoms with E-state index >= 15 is 0 Å². The third-order valence-corrected chi connectivity index (χ3v) is 3.38. The lowest BCUT2D eigenvalue weighted by molar-refractivity contribution is -0.154. The van der Waals surface area contributed by atoms with Gasteiger partial charge in [0.2, 0.25) is 11.8 Å². The highest BCUT2D eigenvalue weighted by Gasteiger charge is 2.34. The number of benzene rings is 1. The van der Waals surface area contributed by atoms with Crippen molar-refractivity contribution in [1.82, 2.24) is 9.80 Å². The van der Waals surface area contributed by atoms with Crippen LogP contribution in [0.1, 0.15) is 19.4 Å². The van der Waals surface area contributed by atoms with Gasteiger partial charge in [0.1, 0.15) is 6.04 Å². The molecule has 1 saturated heterocycles. The highest BCUT2D eigenvalue weighted by molar-refractivity contribution is 5.94. The van der Waals surface area contributed by atoms with Gasteiger partial charge in [0.15, 0.2) is 0 Å². The van der Waals surface area contributed by atoms with Crippen molar-refractivity contribution in [3.05, 3.63) is 35.9 Å². The Morgan fingerprint density at radius 2 is 1.82 bits per heavy atom. The van der Waals surface area contributed by atoms with Gasteiger partial charge < -0.3 is 14.5 Å². The van der Waals surface area contributed by atoms with E-state index in [2.05, 4.69) is 4.74 Å². The lowest BCUT2D eigenvalue weighted by atomic mass is 10.1. The van der Waals surface area contributed by atoms with Crippen LogP contribution in [0.3, 0.4) is 0 Å². The SMILES string of the molecule is CC1C(=O)N(C)CC(=O)N1Cc1ccccc1.COC(C)=O. The average Bonchev–Trinajstić information content (AvgIpc) is 2.51. The van der Waals surface area contributed by atoms with Crippen LogP contribution >= 0.6 is 0 Å². The number of hydrogen-bond acceptors (Lipinski definition) is 4. The van der Waals surface area contributed by atoms with Gasteiger partial charge in [0.05, 0.1) is 13.7 Å². The number of carbonyl (C=O) groups is 3. The number of esters is 1. The lowest BCUT2D eigenvalue weighted by Crippen LogP contribution is -2.57. The van der Waals surface area contributed by atoms with Crippen molar-refractivity contribution in [3.8, 4) is 0 Å². The van der Waals surface area contributed by atoms with E-state index in [1.165, 1.54) is 18.9 Å². The van der Waals surface area contributed by atoms with E-state index in [1.807, 2.05) is 30.3 Å². The van der Waals surface area contributed by atoms with Gasteiger partial charge >= 0.3 is 5.97 Å². The van der Waals surface area contributed by atoms with Gasteiger partial charge in [-0.15, -0.1) is 0 Å². The van der Waals surface area contributed by atoms with E-state index in [4.69, 9.17) is 0 Å². The summed E-state index contributed by atoms with van der Waals surface area (Å²) in [7, 11) is 3.01. The van der Waals surface area contributed by atoms with Crippen LogP contribution in [0, 0.1) is 0 Å². The standard InChI is InChI=1S/C13H16N2O2.C3H6O2/c1-10-13(17)14(2)9-12(16)15(10)8-11-6-4-3-5-7-11;1-3(4)5-2/h3-7,10H,8-9H2,1-2H3;1-2H3. The molecule has 0 bridgehead atoms. The summed E-state index contributed by atoms with van der Waals surface area (Å²) in [6.45, 7) is 3.81. The molecule has 0 aromatic heterocycles. The number of rotatable bonds is 2. The van der Waals surface area contributed by atoms with Crippen LogP contribution in [-0.4, -0.2) is 54.3 Å². The second-order valence-electron chi connectivity index (χ2n) is 5.07. The predicted molar refractivity (Wildman–Crippen MR) is 81.8 cm³/mol. The van der Waals surface area contributed by atoms with Crippen LogP contribution < -0.4 is 0 Å². The minimum Gasteiger partial charge on any atom is -0.469 e. The molecule has 2 amide bonds. The second-order valence-corrected chi connectivity index (χ2v) is 5.07. The molecule has 0 N–H and O–H groups in total. The van der Waals surface area contributed by atoms with Crippen LogP contribution in [0.4, 0.5) is 0 Å². The third-order valence-electron chi connectivity index (χ3n) is 3.38. The van der Waals surface area contributed by atoms with Gasteiger partial charge in [-0.2, -0.15) is 0 Å². The summed E-state index contributed by atoms with van der Waals surface area (Å²) in [6.07, 6.45) is 0. The summed E-state index contributed by atoms with van der Waals surface area (Å²) in [4.78, 5) is 36.4. The number of piperazine rings is 1. The van der Waals surface area contributed by atoms with Crippen molar-refractivity contribution < 1.29 is 19.1 Å². The number of likely N-dealkylation sites (N-methyl/N-ethyl adjacent to an activating group) is 1. The molecule has 0 aliphatic carbocycles. The van der Waals surface area contributed by atoms with Crippen LogP contribution in [0.25, 0.3) is 0 Å². The number of nitrogens with zero attached hydrogens (tertiary/aromatic N) is 2. The summed E-state index contributed by atoms with van der Waals surface area (Å²) in [5, 5.41) is 0. The average molecular weight is 306 g/mol. The smallest absolute Gasteiger partial charge is 0.302 e. The number of carbonyl (C=O) groups excluding carboxylic acids is 3. The summed E-state index contributed by atoms with van der Waals surface area (Å²) in [5.41, 5.74) is 1.05. The first-order valence-electron chi connectivity index (χ1n) is 6.99. The van der Waals surface area contributed by atoms with Gasteiger partial charge in [-0.1, -0.05) is 30.3 Å². The Bertz CT molecular complexity index is 530. The van der Waals surface area contributed by atoms with E-state index in [-0.39, 0.29) is 30.4 Å². The molecule has 22 heavy (non-hydrogen) atoms. The van der Waals surface area contributed by atoms with Crippen LogP contribution in [0.2, 0.25) is 0 Å². The van der Waals surface area contributed by atoms with Crippen molar-refractivity contribution in [3.63, 3.8) is 0 Å². The summed E-state index contributed by atoms with van der Waals surface area (Å²) >= 11 is 0. The molecular weight excluding hydrogens is 284 g/mol. The molecule has 2 rings (SSSR count). The zero-order chi connectivity index (χ0) is 16.7. The Labute approximate surface area is 130 Å². The molecule has 1 aromatic carbocycles. The van der Waals surface area contributed by atoms with Crippen molar-refractivity contribution in [2.75, 3.05) is 20.7 Å². The van der Waals surface area contributed by atoms with Crippen LogP contribution in [-0.2, 0) is 25.7 Å². The van der Waals surface area contributed by atoms with Gasteiger partial charge in [0, 0.05) is 20.5 Å². The van der Waals surface area contributed by atoms with Gasteiger partial charge in [-0.3, -0.25) is 14.4 Å². The fourth-order valence-electron chi connectivity index (χ4n) is 2.05. The molecule has 0 radical (unpaired) electrons. The van der Waals surface area contributed by atoms with E-state index in [0.29, 0.717) is 6.54 Å². The van der Waals surface area contributed by atoms with E-state index in [1.54, 1.807) is 18.9 Å². The lowest BCUT2D eigenvalue weighted by Gasteiger charge is -2.37. The molecule has 1 fully saturated rings. The first kappa shape index (κ1) is 17.7. The molecule has 1 aliphatic rings. The van der Waals surface area contributed by atoms with Gasteiger partial charge in [0.25, 0.3) is 0 Å². The maximum atomic E-state index is 11.9. The van der Waals surface area contributed by atoms with E-state index < -0.39 is 0 Å². The zero-order valence-electron chi connectivity index (χ0n) is 13.4. The Balaban J connectivity index is 0.000000422. The fraction of sp³-hybridized carbons (Fsp3) is 0.438. The molecule has 0 saturated carbocycles. The van der Waals surface area contributed by atoms with Crippen LogP contribution in [0.5, 0.6) is 0 Å². The van der Waals surface area contributed by atoms with Gasteiger partial charge in [-0.05, 0) is 12.5 Å². The number of ether oxygens (including phenoxy) is 1. The van der Waals surface area contributed by atoms with Crippen molar-refractivity contribution in [1.29, 1.82) is 0 Å². The highest BCUT2D eigenvalue weighted by atomic mass is 16.5. The number of methoxy groups -OCH3 is 1. The minimum absolute atomic E-state index is 0.000492. The van der Waals surface area contributed by atoms with Crippen molar-refractivity contribution >= 4 is 17.8 Å². The summed E-state index contributed by atoms with van der Waals surface area (Å²) in [6, 6.07) is 9.35. The molecular formula is C16H22N2O4. The summed E-state index contributed by atoms with van der Waals surface area (Å²) in [5.74, 6) is -0.242. The second kappa shape index (κ2) is 8.17. The normalized spacial score (nSPS) is 17.7. The zero-order valence-corrected chi connectivity index (χ0v) is 13.4. The largest absolute Gasteiger partial charge is 0.469 e. The molecule has 0 spiro atoms. The fourth-order valence-corrected chi connectivity index (χ4v) is 2.05. The summed E-state index contributed by atoms with van der Waals surface area (Å²) < 4.78 is 4.11. The van der Waals surface area contributed by atoms with Crippen molar-refractivity contribution in [2.24, 2.45) is 0 Å². The molecule has 1 heterocycles. The quantitative estimate of drug-likeness (QED) is 0.766. The molecule has 6 nitrogen and oxygen atoms in total. The molecule has 1 unspecified atom stereocenters. The monoisotopic (exact) mass is 306 g/mol. The Morgan fingerprint density at radius 3 is 2.32 bits per heavy atom. The predicted octanol–water partition coefficient (Wildman–Crippen LogP) is 1.05. The van der Waals surface area contributed by atoms with E-state index in [9.17, 15) is 14.4 Å². The number of hydrogen-bond donors (Lipinski definition) is 0. The molecule has 6 heteroatoms. The maximum absolute atomic E-state index is 11.9. The molecule has 1 aliphatic heterocycles. The van der Waals surface area contributed by atoms with Crippen molar-refractivity contribution in [2.45, 2.75) is 26.4 Å². The maximum Gasteiger partial charge on any atom is 0.302 e. The Morgan fingerprint density at radius 1 is 1.27 bits per heavy atom. The topological polar surface area (TPSA) is 66.9 Å². The first-order valence-corrected chi connectivity index (χ1v) is 6.99. The minimum atomic E-state index is -0.374. The number of amides is 2. The molecule has 1 atom stereocenters. The van der Waals surface area contributed by atoms with Crippen LogP contribution in [0.15, 0.2) is 30.3 Å². The Kier molecular flexibility index (Phi) is 6.56. The Hall–Kier alpha value is -2.37. The molecule has 120 valence electrons. The van der Waals surface area contributed by atoms with E-state index in [0.717, 1.165) is 5.56 Å².